The van der Waals surface area contributed by atoms with Gasteiger partial charge in [0.25, 0.3) is 0 Å². The molecule has 80 valence electrons. The highest BCUT2D eigenvalue weighted by atomic mass is 15.3. The fourth-order valence-corrected chi connectivity index (χ4v) is 1.14. The van der Waals surface area contributed by atoms with Gasteiger partial charge in [0.05, 0.1) is 0 Å². The van der Waals surface area contributed by atoms with Crippen molar-refractivity contribution in [2.75, 3.05) is 0 Å². The molecule has 0 aliphatic heterocycles. The van der Waals surface area contributed by atoms with Crippen LogP contribution in [0, 0.1) is 13.8 Å². The summed E-state index contributed by atoms with van der Waals surface area (Å²) in [6.45, 7) is 8.12. The molecule has 0 N–H and O–H groups in total. The minimum atomic E-state index is 0.869. The summed E-state index contributed by atoms with van der Waals surface area (Å²) in [5.41, 5.74) is 2.44. The first kappa shape index (κ1) is 11.4. The second-order valence-electron chi connectivity index (χ2n) is 3.08. The fourth-order valence-electron chi connectivity index (χ4n) is 1.14. The summed E-state index contributed by atoms with van der Waals surface area (Å²) in [6.07, 6.45) is 5.50. The lowest BCUT2D eigenvalue weighted by Crippen LogP contribution is -1.98. The Morgan fingerprint density at radius 2 is 1.87 bits per heavy atom. The van der Waals surface area contributed by atoms with Crippen LogP contribution in [0.1, 0.15) is 25.0 Å². The van der Waals surface area contributed by atoms with E-state index in [1.165, 1.54) is 11.1 Å². The van der Waals surface area contributed by atoms with Crippen LogP contribution in [-0.2, 0) is 0 Å². The third-order valence-corrected chi connectivity index (χ3v) is 2.10. The molecule has 0 radical (unpaired) electrons. The Morgan fingerprint density at radius 1 is 1.13 bits per heavy atom. The van der Waals surface area contributed by atoms with Gasteiger partial charge in [-0.1, -0.05) is 13.8 Å². The van der Waals surface area contributed by atoms with E-state index in [1.54, 1.807) is 10.9 Å². The molecule has 0 saturated heterocycles. The molecule has 0 fully saturated rings. The van der Waals surface area contributed by atoms with E-state index in [2.05, 4.69) is 23.9 Å². The molecule has 15 heavy (non-hydrogen) atoms. The van der Waals surface area contributed by atoms with Gasteiger partial charge in [-0.2, -0.15) is 5.10 Å². The van der Waals surface area contributed by atoms with Gasteiger partial charge in [-0.3, -0.25) is 0 Å². The van der Waals surface area contributed by atoms with Crippen LogP contribution >= 0.6 is 0 Å². The predicted octanol–water partition coefficient (Wildman–Crippen LogP) is 2.91. The molecule has 0 aromatic carbocycles. The monoisotopic (exact) mass is 203 g/mol. The van der Waals surface area contributed by atoms with Crippen LogP contribution < -0.4 is 0 Å². The van der Waals surface area contributed by atoms with Gasteiger partial charge in [-0.05, 0) is 37.1 Å². The Kier molecular flexibility index (Phi) is 4.03. The van der Waals surface area contributed by atoms with E-state index in [-0.39, 0.29) is 0 Å². The van der Waals surface area contributed by atoms with Crippen molar-refractivity contribution in [1.29, 1.82) is 0 Å². The van der Waals surface area contributed by atoms with E-state index < -0.39 is 0 Å². The second-order valence-corrected chi connectivity index (χ2v) is 3.08. The average molecular weight is 203 g/mol. The minimum absolute atomic E-state index is 0.869. The Morgan fingerprint density at radius 3 is 2.40 bits per heavy atom. The summed E-state index contributed by atoms with van der Waals surface area (Å²) in [6, 6.07) is 3.92. The first-order chi connectivity index (χ1) is 7.27. The van der Waals surface area contributed by atoms with Crippen molar-refractivity contribution < 1.29 is 0 Å². The van der Waals surface area contributed by atoms with Crippen molar-refractivity contribution in [3.63, 3.8) is 0 Å². The highest BCUT2D eigenvalue weighted by Crippen LogP contribution is 2.09. The summed E-state index contributed by atoms with van der Waals surface area (Å²) < 4.78 is 1.76. The van der Waals surface area contributed by atoms with E-state index in [0.717, 1.165) is 5.82 Å². The highest BCUT2D eigenvalue weighted by molar-refractivity contribution is 5.31. The van der Waals surface area contributed by atoms with E-state index in [1.807, 2.05) is 38.4 Å². The summed E-state index contributed by atoms with van der Waals surface area (Å²) in [5, 5.41) is 4.11. The van der Waals surface area contributed by atoms with Crippen molar-refractivity contribution >= 4 is 0 Å². The fraction of sp³-hybridized carbons (Fsp3) is 0.333. The molecule has 0 atom stereocenters. The molecule has 0 unspecified atom stereocenters. The minimum Gasteiger partial charge on any atom is -0.237 e. The highest BCUT2D eigenvalue weighted by Gasteiger charge is 1.99. The molecule has 3 heteroatoms. The van der Waals surface area contributed by atoms with Crippen molar-refractivity contribution in [2.45, 2.75) is 27.7 Å². The van der Waals surface area contributed by atoms with Gasteiger partial charge in [-0.15, -0.1) is 0 Å². The topological polar surface area (TPSA) is 30.7 Å². The maximum Gasteiger partial charge on any atom is 0.153 e. The van der Waals surface area contributed by atoms with E-state index in [9.17, 15) is 0 Å². The maximum atomic E-state index is 4.28. The second kappa shape index (κ2) is 5.29. The molecule has 0 spiro atoms. The van der Waals surface area contributed by atoms with Gasteiger partial charge >= 0.3 is 0 Å². The quantitative estimate of drug-likeness (QED) is 0.713. The first-order valence-electron chi connectivity index (χ1n) is 5.20. The van der Waals surface area contributed by atoms with Crippen LogP contribution in [0.15, 0.2) is 30.7 Å². The Bertz CT molecular complexity index is 405. The third kappa shape index (κ3) is 2.65. The number of pyridine rings is 1. The van der Waals surface area contributed by atoms with Gasteiger partial charge < -0.3 is 0 Å². The third-order valence-electron chi connectivity index (χ3n) is 2.10. The first-order valence-corrected chi connectivity index (χ1v) is 5.20. The lowest BCUT2D eigenvalue weighted by Gasteiger charge is -2.03. The molecule has 2 heterocycles. The van der Waals surface area contributed by atoms with E-state index >= 15 is 0 Å². The molecular weight excluding hydrogens is 186 g/mol. The molecule has 2 rings (SSSR count). The number of nitrogens with zero attached hydrogens (tertiary/aromatic N) is 3. The molecule has 0 bridgehead atoms. The number of rotatable bonds is 1. The van der Waals surface area contributed by atoms with Gasteiger partial charge in [0.1, 0.15) is 0 Å². The molecule has 0 aliphatic carbocycles. The lowest BCUT2D eigenvalue weighted by atomic mass is 10.2. The summed E-state index contributed by atoms with van der Waals surface area (Å²) >= 11 is 0. The molecule has 0 saturated carbocycles. The number of aryl methyl sites for hydroxylation is 2. The Balaban J connectivity index is 0.000000531. The van der Waals surface area contributed by atoms with Crippen LogP contribution in [-0.4, -0.2) is 14.8 Å². The Hall–Kier alpha value is -1.64. The smallest absolute Gasteiger partial charge is 0.153 e. The number of aromatic nitrogens is 3. The Labute approximate surface area is 90.8 Å². The van der Waals surface area contributed by atoms with E-state index in [0.29, 0.717) is 0 Å². The average Bonchev–Trinajstić information content (AvgIpc) is 2.78. The van der Waals surface area contributed by atoms with Crippen molar-refractivity contribution in [2.24, 2.45) is 0 Å². The molecular formula is C12H17N3. The zero-order valence-electron chi connectivity index (χ0n) is 9.73. The summed E-state index contributed by atoms with van der Waals surface area (Å²) in [7, 11) is 0. The zero-order valence-corrected chi connectivity index (χ0v) is 9.73. The largest absolute Gasteiger partial charge is 0.237 e. The van der Waals surface area contributed by atoms with Gasteiger partial charge in [0.2, 0.25) is 0 Å². The molecule has 2 aromatic heterocycles. The van der Waals surface area contributed by atoms with Crippen LogP contribution in [0.5, 0.6) is 0 Å². The molecule has 2 aromatic rings. The number of hydrogen-bond donors (Lipinski definition) is 0. The summed E-state index contributed by atoms with van der Waals surface area (Å²) in [4.78, 5) is 4.28. The van der Waals surface area contributed by atoms with Crippen molar-refractivity contribution in [3.8, 4) is 5.82 Å². The van der Waals surface area contributed by atoms with Crippen LogP contribution in [0.2, 0.25) is 0 Å². The SMILES string of the molecule is CC.Cc1cnc(-n2cccn2)cc1C. The van der Waals surface area contributed by atoms with Crippen molar-refractivity contribution in [1.82, 2.24) is 14.8 Å². The standard InChI is InChI=1S/C10H11N3.C2H6/c1-8-6-10(11-7-9(8)2)13-5-3-4-12-13;1-2/h3-7H,1-2H3;1-2H3. The summed E-state index contributed by atoms with van der Waals surface area (Å²) in [5.74, 6) is 0.869. The van der Waals surface area contributed by atoms with Crippen LogP contribution in [0.4, 0.5) is 0 Å². The molecule has 0 aliphatic rings. The van der Waals surface area contributed by atoms with Crippen LogP contribution in [0.3, 0.4) is 0 Å². The van der Waals surface area contributed by atoms with Crippen LogP contribution in [0.25, 0.3) is 5.82 Å². The lowest BCUT2D eigenvalue weighted by molar-refractivity contribution is 0.843. The zero-order chi connectivity index (χ0) is 11.3. The van der Waals surface area contributed by atoms with E-state index in [4.69, 9.17) is 0 Å². The molecule has 0 amide bonds. The van der Waals surface area contributed by atoms with Crippen molar-refractivity contribution in [3.05, 3.63) is 41.9 Å². The number of hydrogen-bond acceptors (Lipinski definition) is 2. The van der Waals surface area contributed by atoms with Gasteiger partial charge in [0.15, 0.2) is 5.82 Å². The normalized spacial score (nSPS) is 9.33. The maximum absolute atomic E-state index is 4.28. The molecule has 3 nitrogen and oxygen atoms in total. The van der Waals surface area contributed by atoms with Gasteiger partial charge in [0, 0.05) is 18.6 Å². The predicted molar refractivity (Wildman–Crippen MR) is 62.2 cm³/mol. The van der Waals surface area contributed by atoms with Gasteiger partial charge in [-0.25, -0.2) is 9.67 Å².